The van der Waals surface area contributed by atoms with Crippen LogP contribution in [-0.2, 0) is 11.3 Å². The molecule has 0 saturated carbocycles. The van der Waals surface area contributed by atoms with Crippen LogP contribution < -0.4 is 5.32 Å². The summed E-state index contributed by atoms with van der Waals surface area (Å²) in [5.74, 6) is 0.531. The summed E-state index contributed by atoms with van der Waals surface area (Å²) in [6, 6.07) is 4.06. The molecule has 0 amide bonds. The van der Waals surface area contributed by atoms with Gasteiger partial charge in [0.15, 0.2) is 0 Å². The van der Waals surface area contributed by atoms with E-state index in [1.54, 1.807) is 13.3 Å². The third kappa shape index (κ3) is 3.05. The van der Waals surface area contributed by atoms with Crippen molar-refractivity contribution in [2.24, 2.45) is 5.92 Å². The van der Waals surface area contributed by atoms with Gasteiger partial charge in [0.1, 0.15) is 5.65 Å². The number of methoxy groups -OCH3 is 1. The number of H-pyrrole nitrogens is 1. The van der Waals surface area contributed by atoms with Crippen LogP contribution in [0.2, 0.25) is 0 Å². The van der Waals surface area contributed by atoms with E-state index >= 15 is 0 Å². The molecular weight excluding hydrogens is 214 g/mol. The molecule has 2 N–H and O–H groups in total. The molecule has 2 aromatic heterocycles. The van der Waals surface area contributed by atoms with Crippen LogP contribution in [0.5, 0.6) is 0 Å². The molecule has 0 aliphatic rings. The molecule has 2 aromatic rings. The van der Waals surface area contributed by atoms with Crippen molar-refractivity contribution >= 4 is 11.0 Å². The standard InChI is InChI=1S/C13H19N3O/c1-10(9-17-2)6-14-7-11-8-16-13-12(11)4-3-5-15-13/h3-5,8,10,14H,6-7,9H2,1-2H3,(H,15,16). The minimum atomic E-state index is 0.531. The molecule has 1 unspecified atom stereocenters. The third-order valence-corrected chi connectivity index (χ3v) is 2.80. The Kier molecular flexibility index (Phi) is 4.12. The highest BCUT2D eigenvalue weighted by Crippen LogP contribution is 2.15. The normalized spacial score (nSPS) is 13.1. The summed E-state index contributed by atoms with van der Waals surface area (Å²) < 4.78 is 5.11. The predicted octanol–water partition coefficient (Wildman–Crippen LogP) is 1.93. The third-order valence-electron chi connectivity index (χ3n) is 2.80. The van der Waals surface area contributed by atoms with Crippen LogP contribution in [0, 0.1) is 5.92 Å². The van der Waals surface area contributed by atoms with Crippen LogP contribution in [0.15, 0.2) is 24.5 Å². The molecule has 0 bridgehead atoms. The average molecular weight is 233 g/mol. The quantitative estimate of drug-likeness (QED) is 0.801. The zero-order chi connectivity index (χ0) is 12.1. The van der Waals surface area contributed by atoms with Gasteiger partial charge in [-0.15, -0.1) is 0 Å². The number of hydrogen-bond donors (Lipinski definition) is 2. The number of hydrogen-bond acceptors (Lipinski definition) is 3. The van der Waals surface area contributed by atoms with E-state index < -0.39 is 0 Å². The summed E-state index contributed by atoms with van der Waals surface area (Å²) in [6.45, 7) is 4.79. The first-order valence-electron chi connectivity index (χ1n) is 5.92. The van der Waals surface area contributed by atoms with Crippen LogP contribution in [0.1, 0.15) is 12.5 Å². The second-order valence-corrected chi connectivity index (χ2v) is 4.40. The maximum absolute atomic E-state index is 5.11. The first-order chi connectivity index (χ1) is 8.31. The highest BCUT2D eigenvalue weighted by molar-refractivity contribution is 5.79. The van der Waals surface area contributed by atoms with Crippen LogP contribution in [0.3, 0.4) is 0 Å². The summed E-state index contributed by atoms with van der Waals surface area (Å²) in [7, 11) is 1.74. The van der Waals surface area contributed by atoms with Gasteiger partial charge < -0.3 is 15.0 Å². The monoisotopic (exact) mass is 233 g/mol. The van der Waals surface area contributed by atoms with Crippen molar-refractivity contribution < 1.29 is 4.74 Å². The van der Waals surface area contributed by atoms with E-state index in [9.17, 15) is 0 Å². The molecule has 0 radical (unpaired) electrons. The van der Waals surface area contributed by atoms with Crippen LogP contribution >= 0.6 is 0 Å². The number of rotatable bonds is 6. The molecule has 2 rings (SSSR count). The first-order valence-corrected chi connectivity index (χ1v) is 5.92. The predicted molar refractivity (Wildman–Crippen MR) is 68.8 cm³/mol. The molecular formula is C13H19N3O. The average Bonchev–Trinajstić information content (AvgIpc) is 2.73. The van der Waals surface area contributed by atoms with Crippen molar-refractivity contribution in [2.45, 2.75) is 13.5 Å². The van der Waals surface area contributed by atoms with Crippen molar-refractivity contribution in [1.82, 2.24) is 15.3 Å². The number of nitrogens with zero attached hydrogens (tertiary/aromatic N) is 1. The lowest BCUT2D eigenvalue weighted by Crippen LogP contribution is -2.23. The Bertz CT molecular complexity index is 466. The summed E-state index contributed by atoms with van der Waals surface area (Å²) in [5.41, 5.74) is 2.21. The van der Waals surface area contributed by atoms with Crippen molar-refractivity contribution in [3.63, 3.8) is 0 Å². The lowest BCUT2D eigenvalue weighted by Gasteiger charge is -2.10. The van der Waals surface area contributed by atoms with E-state index in [-0.39, 0.29) is 0 Å². The SMILES string of the molecule is COCC(C)CNCc1c[nH]c2ncccc12. The van der Waals surface area contributed by atoms with Crippen LogP contribution in [0.4, 0.5) is 0 Å². The van der Waals surface area contributed by atoms with Gasteiger partial charge in [-0.1, -0.05) is 6.92 Å². The summed E-state index contributed by atoms with van der Waals surface area (Å²) in [4.78, 5) is 7.45. The number of aromatic amines is 1. The van der Waals surface area contributed by atoms with Crippen molar-refractivity contribution in [1.29, 1.82) is 0 Å². The van der Waals surface area contributed by atoms with Gasteiger partial charge in [-0.2, -0.15) is 0 Å². The minimum absolute atomic E-state index is 0.531. The molecule has 4 nitrogen and oxygen atoms in total. The Balaban J connectivity index is 1.91. The van der Waals surface area contributed by atoms with E-state index in [1.165, 1.54) is 10.9 Å². The smallest absolute Gasteiger partial charge is 0.137 e. The van der Waals surface area contributed by atoms with Crippen molar-refractivity contribution in [3.8, 4) is 0 Å². The highest BCUT2D eigenvalue weighted by atomic mass is 16.5. The van der Waals surface area contributed by atoms with E-state index in [4.69, 9.17) is 4.74 Å². The number of aromatic nitrogens is 2. The topological polar surface area (TPSA) is 49.9 Å². The molecule has 0 spiro atoms. The van der Waals surface area contributed by atoms with Gasteiger partial charge in [-0.3, -0.25) is 0 Å². The summed E-state index contributed by atoms with van der Waals surface area (Å²) in [6.07, 6.45) is 3.82. The Morgan fingerprint density at radius 1 is 1.53 bits per heavy atom. The fourth-order valence-corrected chi connectivity index (χ4v) is 1.96. The van der Waals surface area contributed by atoms with Gasteiger partial charge in [-0.05, 0) is 23.6 Å². The Morgan fingerprint density at radius 2 is 2.41 bits per heavy atom. The molecule has 1 atom stereocenters. The van der Waals surface area contributed by atoms with E-state index in [0.717, 1.165) is 25.3 Å². The zero-order valence-corrected chi connectivity index (χ0v) is 10.4. The maximum Gasteiger partial charge on any atom is 0.137 e. The van der Waals surface area contributed by atoms with Gasteiger partial charge in [0.05, 0.1) is 0 Å². The Labute approximate surface area is 101 Å². The highest BCUT2D eigenvalue weighted by Gasteiger charge is 2.04. The molecule has 17 heavy (non-hydrogen) atoms. The number of pyridine rings is 1. The molecule has 0 aliphatic heterocycles. The van der Waals surface area contributed by atoms with Gasteiger partial charge >= 0.3 is 0 Å². The zero-order valence-electron chi connectivity index (χ0n) is 10.4. The molecule has 0 saturated heterocycles. The van der Waals surface area contributed by atoms with Gasteiger partial charge in [0.2, 0.25) is 0 Å². The summed E-state index contributed by atoms with van der Waals surface area (Å²) in [5, 5.41) is 4.63. The molecule has 4 heteroatoms. The minimum Gasteiger partial charge on any atom is -0.384 e. The van der Waals surface area contributed by atoms with Gasteiger partial charge in [0.25, 0.3) is 0 Å². The van der Waals surface area contributed by atoms with Crippen molar-refractivity contribution in [2.75, 3.05) is 20.3 Å². The van der Waals surface area contributed by atoms with E-state index in [2.05, 4.69) is 28.3 Å². The molecule has 2 heterocycles. The van der Waals surface area contributed by atoms with Gasteiger partial charge in [0, 0.05) is 44.6 Å². The molecule has 92 valence electrons. The van der Waals surface area contributed by atoms with Crippen LogP contribution in [0.25, 0.3) is 11.0 Å². The molecule has 0 aliphatic carbocycles. The number of nitrogens with one attached hydrogen (secondary N) is 2. The number of fused-ring (bicyclic) bond motifs is 1. The Hall–Kier alpha value is -1.39. The summed E-state index contributed by atoms with van der Waals surface area (Å²) >= 11 is 0. The lowest BCUT2D eigenvalue weighted by molar-refractivity contribution is 0.158. The van der Waals surface area contributed by atoms with Gasteiger partial charge in [-0.25, -0.2) is 4.98 Å². The lowest BCUT2D eigenvalue weighted by atomic mass is 10.2. The number of ether oxygens (including phenoxy) is 1. The second kappa shape index (κ2) is 5.80. The fourth-order valence-electron chi connectivity index (χ4n) is 1.96. The molecule has 0 aromatic carbocycles. The van der Waals surface area contributed by atoms with Crippen molar-refractivity contribution in [3.05, 3.63) is 30.1 Å². The Morgan fingerprint density at radius 3 is 3.24 bits per heavy atom. The van der Waals surface area contributed by atoms with E-state index in [0.29, 0.717) is 5.92 Å². The maximum atomic E-state index is 5.11. The van der Waals surface area contributed by atoms with E-state index in [1.807, 2.05) is 12.3 Å². The van der Waals surface area contributed by atoms with Crippen LogP contribution in [-0.4, -0.2) is 30.2 Å². The fraction of sp³-hybridized carbons (Fsp3) is 0.462. The molecule has 0 fully saturated rings. The second-order valence-electron chi connectivity index (χ2n) is 4.40. The largest absolute Gasteiger partial charge is 0.384 e. The first kappa shape index (κ1) is 12.1.